The number of aryl methyl sites for hydroxylation is 1. The van der Waals surface area contributed by atoms with Gasteiger partial charge >= 0.3 is 12.2 Å². The number of halogens is 4. The van der Waals surface area contributed by atoms with E-state index in [0.717, 1.165) is 28.8 Å². The van der Waals surface area contributed by atoms with Crippen molar-refractivity contribution >= 4 is 40.1 Å². The highest BCUT2D eigenvalue weighted by Gasteiger charge is 2.33. The van der Waals surface area contributed by atoms with E-state index < -0.39 is 22.8 Å². The van der Waals surface area contributed by atoms with Gasteiger partial charge in [0, 0.05) is 29.4 Å². The van der Waals surface area contributed by atoms with Crippen LogP contribution in [0.5, 0.6) is 0 Å². The fraction of sp³-hybridized carbons (Fsp3) is 0.360. The fourth-order valence-corrected chi connectivity index (χ4v) is 4.65. The summed E-state index contributed by atoms with van der Waals surface area (Å²) in [7, 11) is 0. The number of aromatic nitrogens is 1. The van der Waals surface area contributed by atoms with Gasteiger partial charge in [-0.05, 0) is 49.1 Å². The van der Waals surface area contributed by atoms with E-state index in [1.165, 1.54) is 6.07 Å². The van der Waals surface area contributed by atoms with Crippen LogP contribution in [-0.2, 0) is 23.8 Å². The molecule has 1 aromatic heterocycles. The van der Waals surface area contributed by atoms with Gasteiger partial charge in [0.1, 0.15) is 0 Å². The van der Waals surface area contributed by atoms with Crippen LogP contribution in [0.2, 0.25) is 5.02 Å². The van der Waals surface area contributed by atoms with E-state index in [2.05, 4.69) is 20.9 Å². The summed E-state index contributed by atoms with van der Waals surface area (Å²) < 4.78 is 44.5. The molecule has 1 unspecified atom stereocenters. The summed E-state index contributed by atoms with van der Waals surface area (Å²) in [6.45, 7) is 0.705. The van der Waals surface area contributed by atoms with E-state index >= 15 is 0 Å². The van der Waals surface area contributed by atoms with E-state index in [-0.39, 0.29) is 37.5 Å². The number of urea groups is 1. The van der Waals surface area contributed by atoms with Crippen molar-refractivity contribution in [3.63, 3.8) is 0 Å². The summed E-state index contributed by atoms with van der Waals surface area (Å²) in [4.78, 5) is 28.6. The number of para-hydroxylation sites is 1. The zero-order chi connectivity index (χ0) is 26.6. The molecule has 4 rings (SSSR count). The molecule has 0 aliphatic heterocycles. The van der Waals surface area contributed by atoms with Crippen molar-refractivity contribution < 1.29 is 32.6 Å². The Hall–Kier alpha value is -3.28. The molecule has 0 saturated heterocycles. The van der Waals surface area contributed by atoms with Crippen molar-refractivity contribution in [2.75, 3.05) is 31.7 Å². The molecular formula is C25H26ClF3N4O4. The molecule has 37 heavy (non-hydrogen) atoms. The molecule has 1 heterocycles. The Morgan fingerprint density at radius 3 is 2.76 bits per heavy atom. The summed E-state index contributed by atoms with van der Waals surface area (Å²) in [6.07, 6.45) is -2.89. The maximum absolute atomic E-state index is 13.1. The van der Waals surface area contributed by atoms with Crippen LogP contribution in [0.4, 0.5) is 23.7 Å². The van der Waals surface area contributed by atoms with E-state index in [1.54, 1.807) is 12.1 Å². The first-order chi connectivity index (χ1) is 17.7. The maximum atomic E-state index is 13.1. The monoisotopic (exact) mass is 538 g/mol. The van der Waals surface area contributed by atoms with Crippen molar-refractivity contribution in [2.24, 2.45) is 0 Å². The lowest BCUT2D eigenvalue weighted by Gasteiger charge is -2.24. The molecule has 12 heteroatoms. The summed E-state index contributed by atoms with van der Waals surface area (Å²) in [5.74, 6) is -0.257. The molecule has 1 atom stereocenters. The number of ether oxygens (including phenoxy) is 1. The minimum Gasteiger partial charge on any atom is -0.394 e. The average Bonchev–Trinajstić information content (AvgIpc) is 3.22. The van der Waals surface area contributed by atoms with Crippen LogP contribution in [0, 0.1) is 0 Å². The van der Waals surface area contributed by atoms with E-state index in [9.17, 15) is 22.8 Å². The number of fused-ring (bicyclic) bond motifs is 3. The normalized spacial score (nSPS) is 15.3. The predicted molar refractivity (Wildman–Crippen MR) is 133 cm³/mol. The predicted octanol–water partition coefficient (Wildman–Crippen LogP) is 4.26. The van der Waals surface area contributed by atoms with Crippen LogP contribution >= 0.6 is 11.6 Å². The molecule has 1 aliphatic carbocycles. The van der Waals surface area contributed by atoms with Crippen LogP contribution in [0.1, 0.15) is 33.6 Å². The summed E-state index contributed by atoms with van der Waals surface area (Å²) >= 11 is 5.64. The Labute approximate surface area is 215 Å². The fourth-order valence-electron chi connectivity index (χ4n) is 4.42. The number of aromatic amines is 1. The number of aliphatic hydroxyl groups excluding tert-OH is 1. The number of anilines is 1. The van der Waals surface area contributed by atoms with Crippen LogP contribution in [0.25, 0.3) is 10.9 Å². The standard InChI is InChI=1S/C25H26ClF3N4O4/c26-20-6-4-15(13-19(20)25(27,28)29)32-24(36)31-14-5-7-21-18(12-14)16-2-1-3-17(22(16)33-21)23(35)30-8-10-37-11-9-34/h1-4,6,13-14,33-34H,5,7-12H2,(H,30,35)(H2,31,32,36). The number of nitrogens with one attached hydrogen (secondary N) is 4. The van der Waals surface area contributed by atoms with E-state index in [1.807, 2.05) is 6.07 Å². The molecule has 198 valence electrons. The Morgan fingerprint density at radius 1 is 1.19 bits per heavy atom. The first kappa shape index (κ1) is 26.8. The molecule has 0 bridgehead atoms. The van der Waals surface area contributed by atoms with Gasteiger partial charge in [-0.1, -0.05) is 23.7 Å². The van der Waals surface area contributed by atoms with Crippen LogP contribution in [-0.4, -0.2) is 54.4 Å². The largest absolute Gasteiger partial charge is 0.417 e. The van der Waals surface area contributed by atoms with Crippen molar-refractivity contribution in [1.29, 1.82) is 0 Å². The molecule has 2 aromatic carbocycles. The summed E-state index contributed by atoms with van der Waals surface area (Å²) in [5, 5.41) is 17.2. The molecule has 5 N–H and O–H groups in total. The van der Waals surface area contributed by atoms with Crippen molar-refractivity contribution in [3.8, 4) is 0 Å². The topological polar surface area (TPSA) is 115 Å². The number of hydrogen-bond acceptors (Lipinski definition) is 4. The molecular weight excluding hydrogens is 513 g/mol. The van der Waals surface area contributed by atoms with Gasteiger partial charge in [-0.15, -0.1) is 0 Å². The number of alkyl halides is 3. The highest BCUT2D eigenvalue weighted by molar-refractivity contribution is 6.31. The van der Waals surface area contributed by atoms with Crippen molar-refractivity contribution in [3.05, 3.63) is 63.8 Å². The molecule has 3 aromatic rings. The van der Waals surface area contributed by atoms with Gasteiger partial charge in [0.2, 0.25) is 0 Å². The number of rotatable bonds is 8. The minimum absolute atomic E-state index is 0.0183. The van der Waals surface area contributed by atoms with Crippen LogP contribution in [0.15, 0.2) is 36.4 Å². The Bertz CT molecular complexity index is 1290. The minimum atomic E-state index is -4.64. The van der Waals surface area contributed by atoms with E-state index in [4.69, 9.17) is 21.4 Å². The second-order valence-corrected chi connectivity index (χ2v) is 9.04. The van der Waals surface area contributed by atoms with Crippen LogP contribution in [0.3, 0.4) is 0 Å². The van der Waals surface area contributed by atoms with Gasteiger partial charge in [0.25, 0.3) is 5.91 Å². The van der Waals surface area contributed by atoms with Gasteiger partial charge in [-0.2, -0.15) is 13.2 Å². The third-order valence-corrected chi connectivity index (χ3v) is 6.43. The van der Waals surface area contributed by atoms with E-state index in [0.29, 0.717) is 36.9 Å². The molecule has 8 nitrogen and oxygen atoms in total. The van der Waals surface area contributed by atoms with Gasteiger partial charge in [-0.3, -0.25) is 4.79 Å². The second kappa shape index (κ2) is 11.4. The highest BCUT2D eigenvalue weighted by atomic mass is 35.5. The van der Waals surface area contributed by atoms with Gasteiger partial charge < -0.3 is 30.8 Å². The Morgan fingerprint density at radius 2 is 2.00 bits per heavy atom. The first-order valence-corrected chi connectivity index (χ1v) is 12.1. The number of H-pyrrole nitrogens is 1. The van der Waals surface area contributed by atoms with Crippen molar-refractivity contribution in [1.82, 2.24) is 15.6 Å². The molecule has 0 saturated carbocycles. The van der Waals surface area contributed by atoms with Crippen molar-refractivity contribution in [2.45, 2.75) is 31.5 Å². The molecule has 1 aliphatic rings. The summed E-state index contributed by atoms with van der Waals surface area (Å²) in [6, 6.07) is 7.74. The summed E-state index contributed by atoms with van der Waals surface area (Å²) in [5.41, 5.74) is 2.11. The molecule has 0 spiro atoms. The number of carbonyl (C=O) groups is 2. The second-order valence-electron chi connectivity index (χ2n) is 8.63. The zero-order valence-electron chi connectivity index (χ0n) is 19.7. The van der Waals surface area contributed by atoms with Gasteiger partial charge in [0.05, 0.1) is 41.5 Å². The average molecular weight is 539 g/mol. The highest BCUT2D eigenvalue weighted by Crippen LogP contribution is 2.36. The smallest absolute Gasteiger partial charge is 0.394 e. The number of aliphatic hydroxyl groups is 1. The van der Waals surface area contributed by atoms with Gasteiger partial charge in [0.15, 0.2) is 0 Å². The lowest BCUT2D eigenvalue weighted by atomic mass is 9.91. The maximum Gasteiger partial charge on any atom is 0.417 e. The Kier molecular flexibility index (Phi) is 8.25. The Balaban J connectivity index is 1.42. The number of amides is 3. The molecule has 0 fully saturated rings. The van der Waals surface area contributed by atoms with Gasteiger partial charge in [-0.25, -0.2) is 4.79 Å². The molecule has 0 radical (unpaired) electrons. The SMILES string of the molecule is O=C(Nc1ccc(Cl)c(C(F)(F)F)c1)NC1CCc2[nH]c3c(C(=O)NCCOCCO)cccc3c2C1. The third-order valence-electron chi connectivity index (χ3n) is 6.10. The number of benzene rings is 2. The lowest BCUT2D eigenvalue weighted by molar-refractivity contribution is -0.137. The quantitative estimate of drug-likeness (QED) is 0.276. The number of carbonyl (C=O) groups excluding carboxylic acids is 2. The van der Waals surface area contributed by atoms with Crippen LogP contribution < -0.4 is 16.0 Å². The number of hydrogen-bond donors (Lipinski definition) is 5. The first-order valence-electron chi connectivity index (χ1n) is 11.7. The lowest BCUT2D eigenvalue weighted by Crippen LogP contribution is -2.41. The zero-order valence-corrected chi connectivity index (χ0v) is 20.4. The third kappa shape index (κ3) is 6.35. The molecule has 3 amide bonds.